The summed E-state index contributed by atoms with van der Waals surface area (Å²) in [4.78, 5) is 73.9. The van der Waals surface area contributed by atoms with Crippen LogP contribution in [-0.4, -0.2) is 35.8 Å². The van der Waals surface area contributed by atoms with Gasteiger partial charge in [0.15, 0.2) is 0 Å². The molecule has 3 aliphatic carbocycles. The predicted molar refractivity (Wildman–Crippen MR) is 539 cm³/mol. The van der Waals surface area contributed by atoms with Crippen molar-refractivity contribution in [1.29, 1.82) is 0 Å². The van der Waals surface area contributed by atoms with Crippen LogP contribution in [0.2, 0.25) is 0 Å². The van der Waals surface area contributed by atoms with Crippen molar-refractivity contribution in [2.75, 3.05) is 0 Å². The van der Waals surface area contributed by atoms with Crippen LogP contribution in [-0.2, 0) is 45.0 Å². The zero-order chi connectivity index (χ0) is 93.9. The molecule has 0 saturated carbocycles. The fourth-order valence-corrected chi connectivity index (χ4v) is 19.6. The van der Waals surface area contributed by atoms with Gasteiger partial charge >= 0.3 is 35.8 Å². The van der Waals surface area contributed by atoms with Crippen LogP contribution in [0.4, 0.5) is 0 Å². The van der Waals surface area contributed by atoms with Gasteiger partial charge in [-0.1, -0.05) is 306 Å². The molecular formula is C123H90O12. The predicted octanol–water partition coefficient (Wildman–Crippen LogP) is 28.0. The Labute approximate surface area is 782 Å². The standard InChI is InChI=1S/3C41H30O4/c1-25(2)39(42)44-31-19-15-29(16-20-31)41(30-17-21-32(22-18-30)45-40(43)26(3)4)36-24-14-27-9-5-7-11-33(27)37(36)35-23-13-28-10-6-8-12-34(28)38(35)41;1-25(2)39(42)44-32-18-14-30(15-19-32)41(31-16-20-33(21-17-31)45-40(43)26(3)4)36-22-13-27-9-7-8-12-34(27)38(36)35-23-28-10-5-6-11-29(28)24-37(35)41;1-25(2)39(42)44-32-18-14-30(15-19-32)41(31-16-20-33(21-17-31)45-40(43)26(3)4)37-24-29-11-6-5-10-28(29)23-36(37)35-22-13-27-9-7-8-12-34(27)38(35)41/h3*5-24H,1,3H2,2,4H3. The molecule has 0 saturated heterocycles. The molecule has 135 heavy (non-hydrogen) atoms. The highest BCUT2D eigenvalue weighted by molar-refractivity contribution is 6.11. The average Bonchev–Trinajstić information content (AvgIpc) is 1.53. The van der Waals surface area contributed by atoms with E-state index in [9.17, 15) is 28.8 Å². The smallest absolute Gasteiger partial charge is 0.338 e. The van der Waals surface area contributed by atoms with Gasteiger partial charge < -0.3 is 28.4 Å². The Kier molecular flexibility index (Phi) is 22.7. The quantitative estimate of drug-likeness (QED) is 0.0455. The molecule has 18 aromatic carbocycles. The third-order valence-corrected chi connectivity index (χ3v) is 25.8. The van der Waals surface area contributed by atoms with Crippen molar-refractivity contribution in [3.63, 3.8) is 0 Å². The number of ether oxygens (including phenoxy) is 6. The van der Waals surface area contributed by atoms with Gasteiger partial charge in [-0.15, -0.1) is 0 Å². The number of esters is 6. The minimum absolute atomic E-state index is 0.333. The zero-order valence-electron chi connectivity index (χ0n) is 75.3. The van der Waals surface area contributed by atoms with Gasteiger partial charge in [0.2, 0.25) is 0 Å². The van der Waals surface area contributed by atoms with E-state index >= 15 is 0 Å². The van der Waals surface area contributed by atoms with E-state index in [-0.39, 0.29) is 0 Å². The molecular weight excluding hydrogens is 1670 g/mol. The van der Waals surface area contributed by atoms with E-state index < -0.39 is 52.1 Å². The minimum atomic E-state index is -0.747. The first-order valence-corrected chi connectivity index (χ1v) is 44.4. The number of rotatable bonds is 18. The molecule has 0 aromatic heterocycles. The Morgan fingerprint density at radius 1 is 0.193 bits per heavy atom. The van der Waals surface area contributed by atoms with Gasteiger partial charge in [-0.05, 0) is 303 Å². The SMILES string of the molecule is C=C(C)C(=O)Oc1ccc(C2(c3ccc(OC(=O)C(=C)C)cc3)c3cc4ccccc4cc3-c3c2ccc2ccccc32)cc1.C=C(C)C(=O)Oc1ccc(C2(c3ccc(OC(=O)C(=C)C)cc3)c3cc4ccccc4cc3-c3ccc4ccccc4c32)cc1.C=C(C)C(=O)Oc1ccc(C2(c3ccc(OC(=O)C(=C)C)cc3)c3ccc4ccccc4c3-c3ccc4ccccc4c32)cc1. The van der Waals surface area contributed by atoms with E-state index in [0.717, 1.165) is 132 Å². The second kappa shape index (κ2) is 35.2. The number of fused-ring (bicyclic) bond motifs is 19. The normalized spacial score (nSPS) is 12.8. The Morgan fingerprint density at radius 2 is 0.407 bits per heavy atom. The second-order valence-electron chi connectivity index (χ2n) is 34.7. The van der Waals surface area contributed by atoms with Crippen LogP contribution in [0.5, 0.6) is 34.5 Å². The lowest BCUT2D eigenvalue weighted by Gasteiger charge is -2.35. The first kappa shape index (κ1) is 87.1. The van der Waals surface area contributed by atoms with Crippen molar-refractivity contribution in [3.8, 4) is 67.9 Å². The molecule has 3 aliphatic rings. The van der Waals surface area contributed by atoms with Crippen molar-refractivity contribution in [3.05, 3.63) is 504 Å². The number of benzene rings is 18. The van der Waals surface area contributed by atoms with Gasteiger partial charge in [-0.3, -0.25) is 0 Å². The maximum absolute atomic E-state index is 12.3. The van der Waals surface area contributed by atoms with Crippen LogP contribution >= 0.6 is 0 Å². The summed E-state index contributed by atoms with van der Waals surface area (Å²) in [6.45, 7) is 32.0. The maximum Gasteiger partial charge on any atom is 0.338 e. The highest BCUT2D eigenvalue weighted by Gasteiger charge is 2.51. The van der Waals surface area contributed by atoms with Crippen LogP contribution in [0.3, 0.4) is 0 Å². The number of hydrogen-bond acceptors (Lipinski definition) is 12. The summed E-state index contributed by atoms with van der Waals surface area (Å²) in [5, 5.41) is 13.8. The van der Waals surface area contributed by atoms with Gasteiger partial charge in [0.05, 0.1) is 16.2 Å². The fourth-order valence-electron chi connectivity index (χ4n) is 19.6. The van der Waals surface area contributed by atoms with E-state index in [2.05, 4.69) is 258 Å². The molecule has 0 radical (unpaired) electrons. The molecule has 0 fully saturated rings. The summed E-state index contributed by atoms with van der Waals surface area (Å²) < 4.78 is 33.4. The molecule has 0 amide bonds. The number of carbonyl (C=O) groups excluding carboxylic acids is 6. The van der Waals surface area contributed by atoms with E-state index in [4.69, 9.17) is 28.4 Å². The Morgan fingerprint density at radius 3 is 0.719 bits per heavy atom. The van der Waals surface area contributed by atoms with E-state index in [1.54, 1.807) is 41.5 Å². The zero-order valence-corrected chi connectivity index (χ0v) is 75.3. The van der Waals surface area contributed by atoms with Crippen molar-refractivity contribution in [2.24, 2.45) is 0 Å². The van der Waals surface area contributed by atoms with Gasteiger partial charge in [-0.25, -0.2) is 28.8 Å². The highest BCUT2D eigenvalue weighted by Crippen LogP contribution is 2.63. The molecule has 21 rings (SSSR count). The lowest BCUT2D eigenvalue weighted by atomic mass is 9.66. The van der Waals surface area contributed by atoms with Crippen molar-refractivity contribution in [1.82, 2.24) is 0 Å². The molecule has 0 spiro atoms. The molecule has 0 unspecified atom stereocenters. The second-order valence-corrected chi connectivity index (χ2v) is 34.7. The molecule has 0 bridgehead atoms. The van der Waals surface area contributed by atoms with Crippen LogP contribution in [0.1, 0.15) is 108 Å². The monoisotopic (exact) mass is 1760 g/mol. The van der Waals surface area contributed by atoms with E-state index in [1.807, 2.05) is 146 Å². The number of carbonyl (C=O) groups is 6. The summed E-state index contributed by atoms with van der Waals surface area (Å²) in [5.41, 5.74) is 19.8. The largest absolute Gasteiger partial charge is 0.423 e. The third kappa shape index (κ3) is 15.3. The van der Waals surface area contributed by atoms with E-state index in [0.29, 0.717) is 67.9 Å². The molecule has 12 heteroatoms. The summed E-state index contributed by atoms with van der Waals surface area (Å²) in [6, 6.07) is 124. The molecule has 0 N–H and O–H groups in total. The van der Waals surface area contributed by atoms with Gasteiger partial charge in [0.25, 0.3) is 0 Å². The van der Waals surface area contributed by atoms with Crippen LogP contribution in [0, 0.1) is 0 Å². The Hall–Kier alpha value is -17.2. The summed E-state index contributed by atoms with van der Waals surface area (Å²) in [5.74, 6) is -0.136. The van der Waals surface area contributed by atoms with Gasteiger partial charge in [0, 0.05) is 33.4 Å². The topological polar surface area (TPSA) is 158 Å². The lowest BCUT2D eigenvalue weighted by molar-refractivity contribution is -0.130. The fraction of sp³-hybridized carbons (Fsp3) is 0.0732. The minimum Gasteiger partial charge on any atom is -0.423 e. The first-order valence-electron chi connectivity index (χ1n) is 44.4. The van der Waals surface area contributed by atoms with Gasteiger partial charge in [-0.2, -0.15) is 0 Å². The first-order chi connectivity index (χ1) is 65.3. The Balaban J connectivity index is 0.000000130. The summed E-state index contributed by atoms with van der Waals surface area (Å²) in [7, 11) is 0. The van der Waals surface area contributed by atoms with Crippen molar-refractivity contribution in [2.45, 2.75) is 57.8 Å². The maximum atomic E-state index is 12.3. The molecule has 654 valence electrons. The molecule has 12 nitrogen and oxygen atoms in total. The summed E-state index contributed by atoms with van der Waals surface area (Å²) in [6.07, 6.45) is 0. The van der Waals surface area contributed by atoms with E-state index in [1.165, 1.54) is 33.0 Å². The molecule has 0 heterocycles. The average molecular weight is 1760 g/mol. The highest BCUT2D eigenvalue weighted by atomic mass is 16.6. The number of hydrogen-bond donors (Lipinski definition) is 0. The van der Waals surface area contributed by atoms with Crippen LogP contribution < -0.4 is 28.4 Å². The molecule has 18 aromatic rings. The van der Waals surface area contributed by atoms with Crippen molar-refractivity contribution < 1.29 is 57.2 Å². The van der Waals surface area contributed by atoms with Gasteiger partial charge in [0.1, 0.15) is 34.5 Å². The molecule has 0 atom stereocenters. The molecule has 0 aliphatic heterocycles. The Bertz CT molecular complexity index is 7650. The lowest BCUT2D eigenvalue weighted by Crippen LogP contribution is -2.29. The summed E-state index contributed by atoms with van der Waals surface area (Å²) >= 11 is 0. The van der Waals surface area contributed by atoms with Crippen LogP contribution in [0.25, 0.3) is 98.0 Å². The van der Waals surface area contributed by atoms with Crippen molar-refractivity contribution >= 4 is 100 Å². The third-order valence-electron chi connectivity index (χ3n) is 25.8. The van der Waals surface area contributed by atoms with Crippen LogP contribution in [0.15, 0.2) is 437 Å².